The molecule has 0 aromatic heterocycles. The summed E-state index contributed by atoms with van der Waals surface area (Å²) in [5.41, 5.74) is 9.81. The highest BCUT2D eigenvalue weighted by molar-refractivity contribution is 7.89. The van der Waals surface area contributed by atoms with Crippen LogP contribution in [0.25, 0.3) is 0 Å². The highest BCUT2D eigenvalue weighted by Crippen LogP contribution is 2.08. The van der Waals surface area contributed by atoms with Crippen molar-refractivity contribution in [2.45, 2.75) is 6.92 Å². The molecule has 2 amide bonds. The molecule has 0 aliphatic heterocycles. The lowest BCUT2D eigenvalue weighted by molar-refractivity contribution is -0.120. The third kappa shape index (κ3) is 6.44. The van der Waals surface area contributed by atoms with Gasteiger partial charge in [0.25, 0.3) is 0 Å². The van der Waals surface area contributed by atoms with Crippen LogP contribution in [-0.4, -0.2) is 49.3 Å². The molecule has 1 unspecified atom stereocenters. The SMILES string of the molecule is CC(CCl)CS(=O)(=O)N(CC(N)=O)CC(N)=O. The van der Waals surface area contributed by atoms with Gasteiger partial charge in [-0.3, -0.25) is 9.59 Å². The molecule has 9 heteroatoms. The van der Waals surface area contributed by atoms with Crippen molar-refractivity contribution < 1.29 is 18.0 Å². The zero-order chi connectivity index (χ0) is 13.6. The Bertz CT molecular complexity index is 368. The summed E-state index contributed by atoms with van der Waals surface area (Å²) in [7, 11) is -3.78. The number of hydrogen-bond acceptors (Lipinski definition) is 4. The van der Waals surface area contributed by atoms with E-state index in [9.17, 15) is 18.0 Å². The van der Waals surface area contributed by atoms with Gasteiger partial charge in [-0.2, -0.15) is 4.31 Å². The third-order valence-electron chi connectivity index (χ3n) is 1.82. The van der Waals surface area contributed by atoms with Gasteiger partial charge in [0.05, 0.1) is 18.8 Å². The van der Waals surface area contributed by atoms with E-state index in [1.165, 1.54) is 0 Å². The topological polar surface area (TPSA) is 124 Å². The fraction of sp³-hybridized carbons (Fsp3) is 0.750. The number of halogens is 1. The van der Waals surface area contributed by atoms with Gasteiger partial charge in [-0.05, 0) is 5.92 Å². The molecular formula is C8H16ClN3O4S. The molecule has 0 aliphatic rings. The van der Waals surface area contributed by atoms with Crippen molar-refractivity contribution >= 4 is 33.4 Å². The van der Waals surface area contributed by atoms with E-state index in [1.54, 1.807) is 6.92 Å². The standard InChI is InChI=1S/C8H16ClN3O4S/c1-6(2-9)5-17(15,16)12(3-7(10)13)4-8(11)14/h6H,2-5H2,1H3,(H2,10,13)(H2,11,14). The van der Waals surface area contributed by atoms with Crippen molar-refractivity contribution in [3.8, 4) is 0 Å². The fourth-order valence-electron chi connectivity index (χ4n) is 1.11. The Morgan fingerprint density at radius 1 is 1.24 bits per heavy atom. The largest absolute Gasteiger partial charge is 0.369 e. The Hall–Kier alpha value is -0.860. The van der Waals surface area contributed by atoms with Crippen LogP contribution < -0.4 is 11.5 Å². The monoisotopic (exact) mass is 285 g/mol. The van der Waals surface area contributed by atoms with Gasteiger partial charge in [-0.15, -0.1) is 11.6 Å². The molecule has 0 spiro atoms. The normalized spacial score (nSPS) is 13.6. The van der Waals surface area contributed by atoms with Crippen molar-refractivity contribution in [1.82, 2.24) is 4.31 Å². The summed E-state index contributed by atoms with van der Waals surface area (Å²) in [6.07, 6.45) is 0. The molecule has 0 heterocycles. The van der Waals surface area contributed by atoms with Crippen LogP contribution in [0.3, 0.4) is 0 Å². The number of sulfonamides is 1. The van der Waals surface area contributed by atoms with E-state index in [2.05, 4.69) is 0 Å². The first-order chi connectivity index (χ1) is 7.69. The summed E-state index contributed by atoms with van der Waals surface area (Å²) in [5, 5.41) is 0. The van der Waals surface area contributed by atoms with Crippen molar-refractivity contribution in [3.63, 3.8) is 0 Å². The number of rotatable bonds is 8. The second-order valence-electron chi connectivity index (χ2n) is 3.74. The maximum absolute atomic E-state index is 11.8. The van der Waals surface area contributed by atoms with Gasteiger partial charge in [0, 0.05) is 5.88 Å². The molecule has 0 saturated heterocycles. The first-order valence-corrected chi connectivity index (χ1v) is 6.93. The Kier molecular flexibility index (Phi) is 6.43. The van der Waals surface area contributed by atoms with Crippen LogP contribution in [0.4, 0.5) is 0 Å². The van der Waals surface area contributed by atoms with Crippen molar-refractivity contribution in [1.29, 1.82) is 0 Å². The van der Waals surface area contributed by atoms with Crippen LogP contribution in [0.15, 0.2) is 0 Å². The molecule has 100 valence electrons. The number of nitrogens with two attached hydrogens (primary N) is 2. The van der Waals surface area contributed by atoms with Gasteiger partial charge in [0.2, 0.25) is 21.8 Å². The zero-order valence-electron chi connectivity index (χ0n) is 9.43. The molecule has 0 bridgehead atoms. The summed E-state index contributed by atoms with van der Waals surface area (Å²) < 4.78 is 24.3. The predicted molar refractivity (Wildman–Crippen MR) is 63.6 cm³/mol. The highest BCUT2D eigenvalue weighted by Gasteiger charge is 2.26. The molecule has 4 N–H and O–H groups in total. The molecule has 0 rings (SSSR count). The summed E-state index contributed by atoms with van der Waals surface area (Å²) in [5.74, 6) is -2.12. The van der Waals surface area contributed by atoms with Crippen LogP contribution in [0.1, 0.15) is 6.92 Å². The Labute approximate surface area is 105 Å². The average molecular weight is 286 g/mol. The molecule has 0 radical (unpaired) electrons. The molecule has 0 saturated carbocycles. The van der Waals surface area contributed by atoms with Crippen molar-refractivity contribution in [2.24, 2.45) is 17.4 Å². The van der Waals surface area contributed by atoms with Crippen LogP contribution in [-0.2, 0) is 19.6 Å². The van der Waals surface area contributed by atoms with Crippen molar-refractivity contribution in [3.05, 3.63) is 0 Å². The minimum absolute atomic E-state index is 0.153. The molecular weight excluding hydrogens is 270 g/mol. The van der Waals surface area contributed by atoms with E-state index < -0.39 is 34.9 Å². The molecule has 0 fully saturated rings. The molecule has 0 aromatic carbocycles. The first-order valence-electron chi connectivity index (χ1n) is 4.79. The smallest absolute Gasteiger partial charge is 0.232 e. The summed E-state index contributed by atoms with van der Waals surface area (Å²) in [6.45, 7) is 0.498. The number of amides is 2. The van der Waals surface area contributed by atoms with Crippen LogP contribution in [0.2, 0.25) is 0 Å². The molecule has 0 aromatic rings. The quantitative estimate of drug-likeness (QED) is 0.525. The first kappa shape index (κ1) is 16.1. The zero-order valence-corrected chi connectivity index (χ0v) is 11.0. The van der Waals surface area contributed by atoms with Gasteiger partial charge in [0.1, 0.15) is 0 Å². The lowest BCUT2D eigenvalue weighted by atomic mass is 10.3. The molecule has 1 atom stereocenters. The Morgan fingerprint density at radius 2 is 1.65 bits per heavy atom. The lowest BCUT2D eigenvalue weighted by Crippen LogP contribution is -2.45. The Morgan fingerprint density at radius 3 is 1.94 bits per heavy atom. The number of carbonyl (C=O) groups excluding carboxylic acids is 2. The fourth-order valence-corrected chi connectivity index (χ4v) is 3.04. The van der Waals surface area contributed by atoms with Gasteiger partial charge in [0.15, 0.2) is 0 Å². The van der Waals surface area contributed by atoms with Crippen LogP contribution in [0, 0.1) is 5.92 Å². The van der Waals surface area contributed by atoms with E-state index in [0.29, 0.717) is 4.31 Å². The highest BCUT2D eigenvalue weighted by atomic mass is 35.5. The Balaban J connectivity index is 4.88. The second kappa shape index (κ2) is 6.77. The maximum atomic E-state index is 11.8. The summed E-state index contributed by atoms with van der Waals surface area (Å²) in [4.78, 5) is 21.5. The van der Waals surface area contributed by atoms with E-state index >= 15 is 0 Å². The number of nitrogens with zero attached hydrogens (tertiary/aromatic N) is 1. The van der Waals surface area contributed by atoms with Crippen molar-refractivity contribution in [2.75, 3.05) is 24.7 Å². The lowest BCUT2D eigenvalue weighted by Gasteiger charge is -2.20. The van der Waals surface area contributed by atoms with Gasteiger partial charge < -0.3 is 11.5 Å². The predicted octanol–water partition coefficient (Wildman–Crippen LogP) is -1.54. The molecule has 7 nitrogen and oxygen atoms in total. The minimum atomic E-state index is -3.78. The number of alkyl halides is 1. The van der Waals surface area contributed by atoms with E-state index in [-0.39, 0.29) is 17.6 Å². The summed E-state index contributed by atoms with van der Waals surface area (Å²) in [6, 6.07) is 0. The van der Waals surface area contributed by atoms with E-state index in [1.807, 2.05) is 0 Å². The van der Waals surface area contributed by atoms with Crippen LogP contribution >= 0.6 is 11.6 Å². The second-order valence-corrected chi connectivity index (χ2v) is 6.06. The van der Waals surface area contributed by atoms with Gasteiger partial charge >= 0.3 is 0 Å². The maximum Gasteiger partial charge on any atom is 0.232 e. The van der Waals surface area contributed by atoms with Gasteiger partial charge in [-0.25, -0.2) is 8.42 Å². The number of primary amides is 2. The average Bonchev–Trinajstić information content (AvgIpc) is 2.14. The van der Waals surface area contributed by atoms with Gasteiger partial charge in [-0.1, -0.05) is 6.92 Å². The summed E-state index contributed by atoms with van der Waals surface area (Å²) >= 11 is 5.51. The number of hydrogen-bond donors (Lipinski definition) is 2. The van der Waals surface area contributed by atoms with E-state index in [4.69, 9.17) is 23.1 Å². The van der Waals surface area contributed by atoms with E-state index in [0.717, 1.165) is 0 Å². The molecule has 0 aliphatic carbocycles. The number of carbonyl (C=O) groups is 2. The van der Waals surface area contributed by atoms with Crippen LogP contribution in [0.5, 0.6) is 0 Å². The third-order valence-corrected chi connectivity index (χ3v) is 4.38. The molecule has 17 heavy (non-hydrogen) atoms. The minimum Gasteiger partial charge on any atom is -0.369 e.